The van der Waals surface area contributed by atoms with Gasteiger partial charge in [-0.3, -0.25) is 9.48 Å². The lowest BCUT2D eigenvalue weighted by atomic mass is 10.1. The van der Waals surface area contributed by atoms with E-state index in [2.05, 4.69) is 20.0 Å². The zero-order chi connectivity index (χ0) is 23.0. The van der Waals surface area contributed by atoms with Gasteiger partial charge in [-0.25, -0.2) is 8.42 Å². The third-order valence-electron chi connectivity index (χ3n) is 5.66. The highest BCUT2D eigenvalue weighted by atomic mass is 127. The van der Waals surface area contributed by atoms with Crippen LogP contribution in [-0.2, 0) is 23.5 Å². The number of aromatic amines is 1. The van der Waals surface area contributed by atoms with E-state index in [0.29, 0.717) is 54.9 Å². The number of sulfonamides is 1. The van der Waals surface area contributed by atoms with Crippen LogP contribution < -0.4 is 8.63 Å². The Kier molecular flexibility index (Phi) is 6.56. The minimum Gasteiger partial charge on any atom is -0.427 e. The minimum absolute atomic E-state index is 0.136. The first-order chi connectivity index (χ1) is 15.3. The molecule has 1 aliphatic heterocycles. The second-order valence-electron chi connectivity index (χ2n) is 7.88. The van der Waals surface area contributed by atoms with Crippen molar-refractivity contribution in [3.8, 4) is 17.1 Å². The largest absolute Gasteiger partial charge is 0.427 e. The normalized spacial score (nSPS) is 16.0. The molecule has 32 heavy (non-hydrogen) atoms. The molecule has 0 amide bonds. The molecule has 4 rings (SSSR count). The Bertz CT molecular complexity index is 1310. The molecule has 1 aromatic carbocycles. The Morgan fingerprint density at radius 2 is 1.91 bits per heavy atom. The highest BCUT2D eigenvalue weighted by Gasteiger charge is 2.29. The average molecular weight is 572 g/mol. The van der Waals surface area contributed by atoms with Crippen LogP contribution in [0.15, 0.2) is 27.9 Å². The molecule has 0 unspecified atom stereocenters. The molecular weight excluding hydrogens is 547 g/mol. The molecule has 1 saturated heterocycles. The first-order valence-electron chi connectivity index (χ1n) is 10.3. The summed E-state index contributed by atoms with van der Waals surface area (Å²) in [5.74, 6) is 0.654. The van der Waals surface area contributed by atoms with Crippen LogP contribution in [0, 0.1) is 0 Å². The lowest BCUT2D eigenvalue weighted by molar-refractivity contribution is 0.222. The number of benzene rings is 1. The fraction of sp³-hybridized carbons (Fsp3) is 0.450. The fourth-order valence-corrected chi connectivity index (χ4v) is 5.73. The molecule has 10 nitrogen and oxygen atoms in total. The summed E-state index contributed by atoms with van der Waals surface area (Å²) in [5.41, 5.74) is 1.73. The summed E-state index contributed by atoms with van der Waals surface area (Å²) in [5, 5.41) is 4.45. The molecule has 12 heteroatoms. The molecule has 1 fully saturated rings. The van der Waals surface area contributed by atoms with E-state index in [1.807, 2.05) is 14.0 Å². The standard InChI is InChI=1S/C20H25IN6O4S/c1-4-5-15-17-18(26(3)24-15)20(28)23-19(22-17)14-12-13(6-7-16(14)31-21)32(29,30)27-10-8-25(2)9-11-27/h6-7,12H,4-5,8-11H2,1-3H3,(H,22,23,28). The quantitative estimate of drug-likeness (QED) is 0.450. The number of hydrogen-bond acceptors (Lipinski definition) is 7. The summed E-state index contributed by atoms with van der Waals surface area (Å²) in [4.78, 5) is 22.4. The van der Waals surface area contributed by atoms with Crippen LogP contribution in [0.3, 0.4) is 0 Å². The number of hydrogen-bond donors (Lipinski definition) is 1. The van der Waals surface area contributed by atoms with Crippen LogP contribution in [0.4, 0.5) is 0 Å². The molecule has 3 aromatic rings. The number of H-pyrrole nitrogens is 1. The number of aryl methyl sites for hydroxylation is 2. The summed E-state index contributed by atoms with van der Waals surface area (Å²) in [6.45, 7) is 4.24. The molecule has 0 bridgehead atoms. The van der Waals surface area contributed by atoms with Gasteiger partial charge in [0.15, 0.2) is 28.5 Å². The molecule has 0 spiro atoms. The van der Waals surface area contributed by atoms with E-state index in [1.165, 1.54) is 21.1 Å². The van der Waals surface area contributed by atoms with Crippen molar-refractivity contribution in [2.24, 2.45) is 7.05 Å². The minimum atomic E-state index is -3.69. The number of nitrogens with zero attached hydrogens (tertiary/aromatic N) is 5. The summed E-state index contributed by atoms with van der Waals surface area (Å²) in [6.07, 6.45) is 1.57. The molecule has 172 valence electrons. The van der Waals surface area contributed by atoms with Gasteiger partial charge < -0.3 is 13.0 Å². The van der Waals surface area contributed by atoms with Crippen molar-refractivity contribution in [3.63, 3.8) is 0 Å². The molecule has 0 aliphatic carbocycles. The molecule has 1 aliphatic rings. The van der Waals surface area contributed by atoms with Gasteiger partial charge in [0.25, 0.3) is 5.56 Å². The fourth-order valence-electron chi connectivity index (χ4n) is 3.90. The van der Waals surface area contributed by atoms with Gasteiger partial charge in [-0.1, -0.05) is 13.3 Å². The Morgan fingerprint density at radius 1 is 1.19 bits per heavy atom. The Hall–Kier alpha value is -2.03. The van der Waals surface area contributed by atoms with E-state index in [-0.39, 0.29) is 10.7 Å². The topological polar surface area (TPSA) is 113 Å². The monoisotopic (exact) mass is 572 g/mol. The molecule has 0 atom stereocenters. The summed E-state index contributed by atoms with van der Waals surface area (Å²) in [6, 6.07) is 4.63. The second kappa shape index (κ2) is 9.08. The number of likely N-dealkylation sites (N-methyl/N-ethyl adjacent to an activating group) is 1. The van der Waals surface area contributed by atoms with Crippen LogP contribution in [0.5, 0.6) is 5.75 Å². The maximum Gasteiger partial charge on any atom is 0.299 e. The lowest BCUT2D eigenvalue weighted by Crippen LogP contribution is -2.47. The van der Waals surface area contributed by atoms with E-state index >= 15 is 0 Å². The van der Waals surface area contributed by atoms with Crippen molar-refractivity contribution in [2.45, 2.75) is 24.7 Å². The van der Waals surface area contributed by atoms with Crippen molar-refractivity contribution in [1.29, 1.82) is 0 Å². The van der Waals surface area contributed by atoms with Crippen LogP contribution in [0.2, 0.25) is 0 Å². The Balaban J connectivity index is 1.84. The van der Waals surface area contributed by atoms with Crippen molar-refractivity contribution >= 4 is 44.1 Å². The van der Waals surface area contributed by atoms with Crippen LogP contribution in [-0.4, -0.2) is 70.6 Å². The van der Waals surface area contributed by atoms with E-state index in [1.54, 1.807) is 36.1 Å². The zero-order valence-corrected chi connectivity index (χ0v) is 21.1. The van der Waals surface area contributed by atoms with Crippen LogP contribution in [0.25, 0.3) is 22.4 Å². The smallest absolute Gasteiger partial charge is 0.299 e. The van der Waals surface area contributed by atoms with Crippen LogP contribution >= 0.6 is 23.0 Å². The predicted octanol–water partition coefficient (Wildman–Crippen LogP) is 1.94. The van der Waals surface area contributed by atoms with Crippen molar-refractivity contribution in [3.05, 3.63) is 34.2 Å². The molecule has 3 heterocycles. The van der Waals surface area contributed by atoms with Crippen molar-refractivity contribution < 1.29 is 11.5 Å². The Morgan fingerprint density at radius 3 is 2.56 bits per heavy atom. The highest BCUT2D eigenvalue weighted by molar-refractivity contribution is 14.1. The van der Waals surface area contributed by atoms with Gasteiger partial charge in [-0.2, -0.15) is 14.4 Å². The molecule has 1 N–H and O–H groups in total. The van der Waals surface area contributed by atoms with Gasteiger partial charge >= 0.3 is 0 Å². The zero-order valence-electron chi connectivity index (χ0n) is 18.1. The molecule has 0 saturated carbocycles. The molecule has 2 aromatic heterocycles. The summed E-state index contributed by atoms with van der Waals surface area (Å²) in [7, 11) is -0.0145. The number of fused-ring (bicyclic) bond motifs is 1. The van der Waals surface area contributed by atoms with Crippen molar-refractivity contribution in [2.75, 3.05) is 33.2 Å². The van der Waals surface area contributed by atoms with E-state index in [9.17, 15) is 13.2 Å². The number of nitrogens with one attached hydrogen (secondary N) is 1. The van der Waals surface area contributed by atoms with Gasteiger partial charge in [0.05, 0.1) is 21.7 Å². The third kappa shape index (κ3) is 4.16. The maximum atomic E-state index is 13.3. The SMILES string of the molecule is CCCc1nn(C)c2c(=O)nc(-c3cc(S(=O)(=O)N4CCN(C)CC4)ccc3OI)[nH]c12. The van der Waals surface area contributed by atoms with Gasteiger partial charge in [-0.05, 0) is 31.7 Å². The lowest BCUT2D eigenvalue weighted by Gasteiger charge is -2.31. The first kappa shape index (κ1) is 23.1. The highest BCUT2D eigenvalue weighted by Crippen LogP contribution is 2.33. The first-order valence-corrected chi connectivity index (χ1v) is 12.7. The molecular formula is C20H25IN6O4S. The average Bonchev–Trinajstić information content (AvgIpc) is 3.09. The van der Waals surface area contributed by atoms with Gasteiger partial charge in [0.1, 0.15) is 11.6 Å². The van der Waals surface area contributed by atoms with Crippen molar-refractivity contribution in [1.82, 2.24) is 29.0 Å². The van der Waals surface area contributed by atoms with Gasteiger partial charge in [0, 0.05) is 33.2 Å². The number of aromatic nitrogens is 4. The number of halogens is 1. The summed E-state index contributed by atoms with van der Waals surface area (Å²) < 4.78 is 35.0. The third-order valence-corrected chi connectivity index (χ3v) is 8.02. The number of piperazine rings is 1. The maximum absolute atomic E-state index is 13.3. The second-order valence-corrected chi connectivity index (χ2v) is 10.3. The number of rotatable bonds is 6. The predicted molar refractivity (Wildman–Crippen MR) is 129 cm³/mol. The van der Waals surface area contributed by atoms with Crippen LogP contribution in [0.1, 0.15) is 19.0 Å². The molecule has 0 radical (unpaired) electrons. The van der Waals surface area contributed by atoms with E-state index in [0.717, 1.165) is 12.1 Å². The van der Waals surface area contributed by atoms with E-state index in [4.69, 9.17) is 3.07 Å². The van der Waals surface area contributed by atoms with E-state index < -0.39 is 15.6 Å². The van der Waals surface area contributed by atoms with Gasteiger partial charge in [-0.15, -0.1) is 0 Å². The van der Waals surface area contributed by atoms with Gasteiger partial charge in [0.2, 0.25) is 10.0 Å². The summed E-state index contributed by atoms with van der Waals surface area (Å²) >= 11 is 1.73. The Labute approximate surface area is 200 Å².